The lowest BCUT2D eigenvalue weighted by atomic mass is 9.92. The fourth-order valence-electron chi connectivity index (χ4n) is 2.63. The number of rotatable bonds is 7. The molecule has 0 saturated carbocycles. The van der Waals surface area contributed by atoms with Gasteiger partial charge in [-0.3, -0.25) is 9.59 Å². The molecule has 6 heteroatoms. The van der Waals surface area contributed by atoms with E-state index < -0.39 is 6.04 Å². The van der Waals surface area contributed by atoms with Gasteiger partial charge in [0.05, 0.1) is 12.6 Å². The van der Waals surface area contributed by atoms with Gasteiger partial charge in [0, 0.05) is 19.8 Å². The lowest BCUT2D eigenvalue weighted by Crippen LogP contribution is -2.49. The average Bonchev–Trinajstić information content (AvgIpc) is 2.60. The molecule has 23 heavy (non-hydrogen) atoms. The smallest absolute Gasteiger partial charge is 0.239 e. The van der Waals surface area contributed by atoms with Crippen LogP contribution >= 0.6 is 0 Å². The van der Waals surface area contributed by atoms with E-state index in [0.29, 0.717) is 19.8 Å². The van der Waals surface area contributed by atoms with Gasteiger partial charge >= 0.3 is 0 Å². The van der Waals surface area contributed by atoms with Gasteiger partial charge in [-0.15, -0.1) is 0 Å². The summed E-state index contributed by atoms with van der Waals surface area (Å²) in [4.78, 5) is 23.7. The van der Waals surface area contributed by atoms with Crippen molar-refractivity contribution < 1.29 is 14.3 Å². The molecule has 0 bridgehead atoms. The van der Waals surface area contributed by atoms with Gasteiger partial charge in [-0.05, 0) is 30.7 Å². The van der Waals surface area contributed by atoms with Crippen LogP contribution in [-0.4, -0.2) is 44.2 Å². The number of amides is 2. The van der Waals surface area contributed by atoms with E-state index in [4.69, 9.17) is 10.5 Å². The molecule has 1 aliphatic rings. The number of carbonyl (C=O) groups excluding carboxylic acids is 2. The van der Waals surface area contributed by atoms with Crippen molar-refractivity contribution in [3.05, 3.63) is 35.9 Å². The molecule has 1 aromatic carbocycles. The number of nitrogens with two attached hydrogens (primary N) is 1. The summed E-state index contributed by atoms with van der Waals surface area (Å²) < 4.78 is 5.26. The highest BCUT2D eigenvalue weighted by molar-refractivity contribution is 5.87. The minimum absolute atomic E-state index is 0.0372. The second-order valence-corrected chi connectivity index (χ2v) is 5.78. The van der Waals surface area contributed by atoms with Crippen molar-refractivity contribution in [3.63, 3.8) is 0 Å². The molecule has 1 heterocycles. The van der Waals surface area contributed by atoms with Crippen molar-refractivity contribution in [2.45, 2.75) is 25.3 Å². The quantitative estimate of drug-likeness (QED) is 0.670. The van der Waals surface area contributed by atoms with Crippen molar-refractivity contribution in [3.8, 4) is 0 Å². The van der Waals surface area contributed by atoms with Crippen LogP contribution in [0.15, 0.2) is 30.3 Å². The van der Waals surface area contributed by atoms with Crippen molar-refractivity contribution in [1.82, 2.24) is 10.6 Å². The topological polar surface area (TPSA) is 93.5 Å². The van der Waals surface area contributed by atoms with Gasteiger partial charge in [0.2, 0.25) is 11.8 Å². The molecule has 6 nitrogen and oxygen atoms in total. The summed E-state index contributed by atoms with van der Waals surface area (Å²) in [6, 6.07) is 9.35. The standard InChI is InChI=1S/C17H25N3O3/c18-16(14-7-10-23-11-8-14)17(22)20-12-15(21)19-9-6-13-4-2-1-3-5-13/h1-5,14,16H,6-12,18H2,(H,19,21)(H,20,22). The lowest BCUT2D eigenvalue weighted by molar-refractivity contribution is -0.128. The SMILES string of the molecule is NC(C(=O)NCC(=O)NCCc1ccccc1)C1CCOCC1. The van der Waals surface area contributed by atoms with E-state index in [1.54, 1.807) is 0 Å². The van der Waals surface area contributed by atoms with Crippen LogP contribution < -0.4 is 16.4 Å². The van der Waals surface area contributed by atoms with E-state index in [-0.39, 0.29) is 24.3 Å². The highest BCUT2D eigenvalue weighted by atomic mass is 16.5. The Hall–Kier alpha value is -1.92. The van der Waals surface area contributed by atoms with E-state index in [2.05, 4.69) is 10.6 Å². The molecule has 1 saturated heterocycles. The molecule has 1 aromatic rings. The van der Waals surface area contributed by atoms with E-state index in [1.807, 2.05) is 30.3 Å². The van der Waals surface area contributed by atoms with Gasteiger partial charge in [-0.2, -0.15) is 0 Å². The van der Waals surface area contributed by atoms with Crippen molar-refractivity contribution >= 4 is 11.8 Å². The zero-order valence-corrected chi connectivity index (χ0v) is 13.3. The Morgan fingerprint density at radius 3 is 2.57 bits per heavy atom. The molecular weight excluding hydrogens is 294 g/mol. The number of benzene rings is 1. The Labute approximate surface area is 136 Å². The van der Waals surface area contributed by atoms with Gasteiger partial charge < -0.3 is 21.1 Å². The predicted molar refractivity (Wildman–Crippen MR) is 87.7 cm³/mol. The number of nitrogens with one attached hydrogen (secondary N) is 2. The minimum Gasteiger partial charge on any atom is -0.381 e. The molecule has 1 unspecified atom stereocenters. The summed E-state index contributed by atoms with van der Waals surface area (Å²) in [5.41, 5.74) is 7.12. The highest BCUT2D eigenvalue weighted by Gasteiger charge is 2.26. The first-order chi connectivity index (χ1) is 11.2. The molecule has 126 valence electrons. The first-order valence-corrected chi connectivity index (χ1v) is 8.08. The summed E-state index contributed by atoms with van der Waals surface area (Å²) in [5, 5.41) is 5.40. The second kappa shape index (κ2) is 9.27. The van der Waals surface area contributed by atoms with Gasteiger partial charge in [0.15, 0.2) is 0 Å². The minimum atomic E-state index is -0.573. The maximum atomic E-state index is 12.0. The van der Waals surface area contributed by atoms with Crippen LogP contribution in [-0.2, 0) is 20.7 Å². The third kappa shape index (κ3) is 6.00. The third-order valence-corrected chi connectivity index (χ3v) is 4.08. The fraction of sp³-hybridized carbons (Fsp3) is 0.529. The first-order valence-electron chi connectivity index (χ1n) is 8.08. The van der Waals surface area contributed by atoms with Gasteiger partial charge in [0.25, 0.3) is 0 Å². The van der Waals surface area contributed by atoms with E-state index >= 15 is 0 Å². The molecule has 2 rings (SSSR count). The molecule has 1 aliphatic heterocycles. The Balaban J connectivity index is 1.62. The molecule has 0 aliphatic carbocycles. The van der Waals surface area contributed by atoms with Crippen LogP contribution in [0.3, 0.4) is 0 Å². The Bertz CT molecular complexity index is 501. The Kier molecular flexibility index (Phi) is 7.03. The molecule has 0 aromatic heterocycles. The van der Waals surface area contributed by atoms with Crippen LogP contribution in [0.1, 0.15) is 18.4 Å². The number of ether oxygens (including phenoxy) is 1. The van der Waals surface area contributed by atoms with Gasteiger partial charge in [-0.25, -0.2) is 0 Å². The Morgan fingerprint density at radius 2 is 1.87 bits per heavy atom. The number of hydrogen-bond acceptors (Lipinski definition) is 4. The number of carbonyl (C=O) groups is 2. The summed E-state index contributed by atoms with van der Waals surface area (Å²) >= 11 is 0. The summed E-state index contributed by atoms with van der Waals surface area (Å²) in [6.45, 7) is 1.80. The fourth-order valence-corrected chi connectivity index (χ4v) is 2.63. The van der Waals surface area contributed by atoms with Crippen LogP contribution in [0.25, 0.3) is 0 Å². The lowest BCUT2D eigenvalue weighted by Gasteiger charge is -2.26. The monoisotopic (exact) mass is 319 g/mol. The molecule has 4 N–H and O–H groups in total. The molecule has 2 amide bonds. The molecular formula is C17H25N3O3. The zero-order chi connectivity index (χ0) is 16.5. The van der Waals surface area contributed by atoms with E-state index in [9.17, 15) is 9.59 Å². The number of hydrogen-bond donors (Lipinski definition) is 3. The first kappa shape index (κ1) is 17.4. The molecule has 0 spiro atoms. The maximum Gasteiger partial charge on any atom is 0.239 e. The maximum absolute atomic E-state index is 12.0. The van der Waals surface area contributed by atoms with E-state index in [0.717, 1.165) is 19.3 Å². The molecule has 0 radical (unpaired) electrons. The van der Waals surface area contributed by atoms with Crippen LogP contribution in [0, 0.1) is 5.92 Å². The Morgan fingerprint density at radius 1 is 1.17 bits per heavy atom. The molecule has 1 atom stereocenters. The van der Waals surface area contributed by atoms with E-state index in [1.165, 1.54) is 5.56 Å². The second-order valence-electron chi connectivity index (χ2n) is 5.78. The van der Waals surface area contributed by atoms with Gasteiger partial charge in [-0.1, -0.05) is 30.3 Å². The van der Waals surface area contributed by atoms with Crippen molar-refractivity contribution in [1.29, 1.82) is 0 Å². The average molecular weight is 319 g/mol. The summed E-state index contributed by atoms with van der Waals surface area (Å²) in [7, 11) is 0. The third-order valence-electron chi connectivity index (χ3n) is 4.08. The van der Waals surface area contributed by atoms with Crippen LogP contribution in [0.5, 0.6) is 0 Å². The van der Waals surface area contributed by atoms with Crippen molar-refractivity contribution in [2.75, 3.05) is 26.3 Å². The normalized spacial score (nSPS) is 16.6. The largest absolute Gasteiger partial charge is 0.381 e. The summed E-state index contributed by atoms with van der Waals surface area (Å²) in [5.74, 6) is -0.339. The van der Waals surface area contributed by atoms with Crippen LogP contribution in [0.4, 0.5) is 0 Å². The van der Waals surface area contributed by atoms with Crippen LogP contribution in [0.2, 0.25) is 0 Å². The predicted octanol–water partition coefficient (Wildman–Crippen LogP) is 0.215. The highest BCUT2D eigenvalue weighted by Crippen LogP contribution is 2.17. The van der Waals surface area contributed by atoms with Crippen molar-refractivity contribution in [2.24, 2.45) is 11.7 Å². The zero-order valence-electron chi connectivity index (χ0n) is 13.3. The summed E-state index contributed by atoms with van der Waals surface area (Å²) in [6.07, 6.45) is 2.35. The van der Waals surface area contributed by atoms with Gasteiger partial charge in [0.1, 0.15) is 0 Å². The molecule has 1 fully saturated rings.